The van der Waals surface area contributed by atoms with Gasteiger partial charge in [-0.25, -0.2) is 0 Å². The molecule has 4 heteroatoms. The number of hydrogen-bond acceptors (Lipinski definition) is 1. The number of allylic oxidation sites excluding steroid dienone is 2. The van der Waals surface area contributed by atoms with Crippen molar-refractivity contribution in [2.75, 3.05) is 13.6 Å². The Morgan fingerprint density at radius 3 is 2.30 bits per heavy atom. The van der Waals surface area contributed by atoms with E-state index < -0.39 is 11.7 Å². The number of likely N-dealkylation sites (N-methyl/N-ethyl adjacent to an activating group) is 1. The molecule has 118 valence electrons. The van der Waals surface area contributed by atoms with E-state index in [0.717, 1.165) is 22.9 Å². The van der Waals surface area contributed by atoms with Crippen LogP contribution in [0.5, 0.6) is 0 Å². The number of nitrogens with zero attached hydrogens (tertiary/aromatic N) is 1. The second-order valence-electron chi connectivity index (χ2n) is 5.49. The molecule has 1 aliphatic heterocycles. The molecule has 0 N–H and O–H groups in total. The zero-order valence-corrected chi connectivity index (χ0v) is 12.6. The fourth-order valence-corrected chi connectivity index (χ4v) is 2.77. The number of halogens is 3. The number of alkyl halides is 3. The second kappa shape index (κ2) is 5.95. The van der Waals surface area contributed by atoms with Gasteiger partial charge in [0, 0.05) is 19.2 Å². The number of benzene rings is 2. The summed E-state index contributed by atoms with van der Waals surface area (Å²) in [6, 6.07) is 15.2. The molecule has 0 unspecified atom stereocenters. The lowest BCUT2D eigenvalue weighted by Gasteiger charge is -2.28. The van der Waals surface area contributed by atoms with Crippen LogP contribution < -0.4 is 0 Å². The molecule has 1 aliphatic rings. The third-order valence-corrected chi connectivity index (χ3v) is 3.85. The van der Waals surface area contributed by atoms with Crippen LogP contribution in [0.2, 0.25) is 0 Å². The van der Waals surface area contributed by atoms with Gasteiger partial charge in [-0.05, 0) is 23.3 Å². The molecule has 0 saturated carbocycles. The topological polar surface area (TPSA) is 3.24 Å². The minimum absolute atomic E-state index is 0.575. The average Bonchev–Trinajstić information content (AvgIpc) is 2.55. The van der Waals surface area contributed by atoms with Crippen LogP contribution in [-0.2, 0) is 6.18 Å². The van der Waals surface area contributed by atoms with Gasteiger partial charge in [0.2, 0.25) is 0 Å². The smallest absolute Gasteiger partial charge is 0.370 e. The third-order valence-electron chi connectivity index (χ3n) is 3.85. The summed E-state index contributed by atoms with van der Waals surface area (Å²) in [5, 5.41) is 0. The highest BCUT2D eigenvalue weighted by Gasteiger charge is 2.31. The molecule has 0 fully saturated rings. The first-order chi connectivity index (χ1) is 11.0. The summed E-state index contributed by atoms with van der Waals surface area (Å²) in [7, 11) is 1.89. The van der Waals surface area contributed by atoms with E-state index in [1.165, 1.54) is 12.1 Å². The summed E-state index contributed by atoms with van der Waals surface area (Å²) in [5.41, 5.74) is 2.68. The Hall–Kier alpha value is -2.49. The summed E-state index contributed by atoms with van der Waals surface area (Å²) >= 11 is 0. The Labute approximate surface area is 133 Å². The van der Waals surface area contributed by atoms with E-state index in [9.17, 15) is 13.2 Å². The maximum Gasteiger partial charge on any atom is 0.416 e. The molecular formula is C19H16F3N. The predicted octanol–water partition coefficient (Wildman–Crippen LogP) is 5.08. The van der Waals surface area contributed by atoms with Gasteiger partial charge in [-0.1, -0.05) is 54.6 Å². The largest absolute Gasteiger partial charge is 0.416 e. The van der Waals surface area contributed by atoms with Crippen LogP contribution in [0.25, 0.3) is 11.3 Å². The first-order valence-electron chi connectivity index (χ1n) is 7.32. The molecule has 0 spiro atoms. The van der Waals surface area contributed by atoms with E-state index in [2.05, 4.69) is 0 Å². The Bertz CT molecular complexity index is 758. The van der Waals surface area contributed by atoms with Crippen LogP contribution in [0.4, 0.5) is 13.2 Å². The monoisotopic (exact) mass is 315 g/mol. The summed E-state index contributed by atoms with van der Waals surface area (Å²) in [6.45, 7) is 0.669. The molecule has 2 aromatic carbocycles. The molecule has 0 radical (unpaired) electrons. The first kappa shape index (κ1) is 15.4. The van der Waals surface area contributed by atoms with Crippen molar-refractivity contribution < 1.29 is 13.2 Å². The molecule has 0 atom stereocenters. The summed E-state index contributed by atoms with van der Waals surface area (Å²) in [4.78, 5) is 1.97. The summed E-state index contributed by atoms with van der Waals surface area (Å²) in [6.07, 6.45) is -0.350. The van der Waals surface area contributed by atoms with Crippen molar-refractivity contribution in [1.82, 2.24) is 4.90 Å². The molecule has 0 bridgehead atoms. The highest BCUT2D eigenvalue weighted by molar-refractivity contribution is 5.95. The van der Waals surface area contributed by atoms with Crippen molar-refractivity contribution in [2.45, 2.75) is 6.18 Å². The minimum atomic E-state index is -4.34. The van der Waals surface area contributed by atoms with Gasteiger partial charge >= 0.3 is 6.18 Å². The fraction of sp³-hybridized carbons (Fsp3) is 0.158. The second-order valence-corrected chi connectivity index (χ2v) is 5.49. The van der Waals surface area contributed by atoms with E-state index in [0.29, 0.717) is 12.1 Å². The van der Waals surface area contributed by atoms with Gasteiger partial charge in [0.15, 0.2) is 0 Å². The van der Waals surface area contributed by atoms with Gasteiger partial charge in [0.05, 0.1) is 11.3 Å². The van der Waals surface area contributed by atoms with E-state index in [4.69, 9.17) is 0 Å². The van der Waals surface area contributed by atoms with Crippen LogP contribution in [0.1, 0.15) is 16.7 Å². The first-order valence-corrected chi connectivity index (χ1v) is 7.32. The van der Waals surface area contributed by atoms with Crippen LogP contribution >= 0.6 is 0 Å². The van der Waals surface area contributed by atoms with Crippen LogP contribution in [0.15, 0.2) is 66.7 Å². The summed E-state index contributed by atoms with van der Waals surface area (Å²) in [5.74, 6) is 0. The maximum absolute atomic E-state index is 13.0. The molecule has 3 rings (SSSR count). The average molecular weight is 315 g/mol. The molecule has 0 saturated heterocycles. The Morgan fingerprint density at radius 2 is 1.61 bits per heavy atom. The maximum atomic E-state index is 13.0. The van der Waals surface area contributed by atoms with Crippen molar-refractivity contribution in [3.63, 3.8) is 0 Å². The zero-order valence-electron chi connectivity index (χ0n) is 12.6. The van der Waals surface area contributed by atoms with Gasteiger partial charge < -0.3 is 4.90 Å². The zero-order chi connectivity index (χ0) is 16.4. The Kier molecular flexibility index (Phi) is 3.99. The molecule has 2 aromatic rings. The van der Waals surface area contributed by atoms with Crippen molar-refractivity contribution in [3.8, 4) is 0 Å². The van der Waals surface area contributed by atoms with Gasteiger partial charge in [0.1, 0.15) is 0 Å². The number of rotatable bonds is 2. The van der Waals surface area contributed by atoms with Crippen LogP contribution in [0, 0.1) is 0 Å². The standard InChI is InChI=1S/C19H16F3N/c1-23-12-6-11-17(14-7-3-2-4-8-14)18(23)15-9-5-10-16(13-15)19(20,21)22/h2-11,13H,12H2,1H3. The highest BCUT2D eigenvalue weighted by atomic mass is 19.4. The van der Waals surface area contributed by atoms with E-state index in [1.807, 2.05) is 54.4 Å². The van der Waals surface area contributed by atoms with Crippen molar-refractivity contribution >= 4 is 11.3 Å². The molecule has 1 heterocycles. The van der Waals surface area contributed by atoms with E-state index in [1.54, 1.807) is 6.07 Å². The van der Waals surface area contributed by atoms with Gasteiger partial charge in [-0.15, -0.1) is 0 Å². The van der Waals surface area contributed by atoms with Crippen LogP contribution in [-0.4, -0.2) is 18.5 Å². The molecule has 0 amide bonds. The highest BCUT2D eigenvalue weighted by Crippen LogP contribution is 2.35. The normalized spacial score (nSPS) is 15.2. The molecular weight excluding hydrogens is 299 g/mol. The molecule has 23 heavy (non-hydrogen) atoms. The molecule has 1 nitrogen and oxygen atoms in total. The predicted molar refractivity (Wildman–Crippen MR) is 86.5 cm³/mol. The lowest BCUT2D eigenvalue weighted by atomic mass is 9.95. The number of hydrogen-bond donors (Lipinski definition) is 0. The summed E-state index contributed by atoms with van der Waals surface area (Å²) < 4.78 is 39.0. The fourth-order valence-electron chi connectivity index (χ4n) is 2.77. The Morgan fingerprint density at radius 1 is 0.913 bits per heavy atom. The quantitative estimate of drug-likeness (QED) is 0.747. The lowest BCUT2D eigenvalue weighted by molar-refractivity contribution is -0.137. The third kappa shape index (κ3) is 3.16. The van der Waals surface area contributed by atoms with Gasteiger partial charge in [-0.3, -0.25) is 0 Å². The lowest BCUT2D eigenvalue weighted by Crippen LogP contribution is -2.21. The Balaban J connectivity index is 2.17. The van der Waals surface area contributed by atoms with Gasteiger partial charge in [-0.2, -0.15) is 13.2 Å². The van der Waals surface area contributed by atoms with Crippen molar-refractivity contribution in [3.05, 3.63) is 83.4 Å². The SMILES string of the molecule is CN1CC=CC(c2ccccc2)=C1c1cccc(C(F)(F)F)c1. The van der Waals surface area contributed by atoms with Crippen molar-refractivity contribution in [2.24, 2.45) is 0 Å². The van der Waals surface area contributed by atoms with Crippen molar-refractivity contribution in [1.29, 1.82) is 0 Å². The molecule has 0 aromatic heterocycles. The van der Waals surface area contributed by atoms with E-state index in [-0.39, 0.29) is 0 Å². The minimum Gasteiger partial charge on any atom is -0.370 e. The van der Waals surface area contributed by atoms with Gasteiger partial charge in [0.25, 0.3) is 0 Å². The van der Waals surface area contributed by atoms with Crippen LogP contribution in [0.3, 0.4) is 0 Å². The molecule has 0 aliphatic carbocycles. The van der Waals surface area contributed by atoms with E-state index >= 15 is 0 Å².